The Labute approximate surface area is 171 Å². The number of hydrogen-bond acceptors (Lipinski definition) is 4. The summed E-state index contributed by atoms with van der Waals surface area (Å²) < 4.78 is 33.4. The SMILES string of the molecule is O=C(C1CCCN(S(=O)(=O)c2c(Cl)cc(Br)cc2Cl)C1)N1CCOCC1. The molecule has 0 spiro atoms. The van der Waals surface area contributed by atoms with Gasteiger partial charge in [0.2, 0.25) is 15.9 Å². The minimum atomic E-state index is -3.88. The zero-order valence-electron chi connectivity index (χ0n) is 14.0. The maximum atomic E-state index is 13.1. The molecule has 2 saturated heterocycles. The molecule has 1 atom stereocenters. The largest absolute Gasteiger partial charge is 0.378 e. The molecule has 1 aromatic carbocycles. The first-order valence-corrected chi connectivity index (χ1v) is 11.3. The number of rotatable bonds is 3. The van der Waals surface area contributed by atoms with Gasteiger partial charge in [-0.05, 0) is 25.0 Å². The molecule has 2 fully saturated rings. The summed E-state index contributed by atoms with van der Waals surface area (Å²) in [5, 5.41) is 0.122. The number of amides is 1. The number of hydrogen-bond donors (Lipinski definition) is 0. The molecular formula is C16H19BrCl2N2O4S. The van der Waals surface area contributed by atoms with E-state index in [1.54, 1.807) is 4.90 Å². The lowest BCUT2D eigenvalue weighted by Crippen LogP contribution is -2.49. The third kappa shape index (κ3) is 4.20. The molecule has 1 amide bonds. The minimum Gasteiger partial charge on any atom is -0.378 e. The van der Waals surface area contributed by atoms with E-state index < -0.39 is 10.0 Å². The first-order valence-electron chi connectivity index (χ1n) is 8.32. The molecule has 0 bridgehead atoms. The molecule has 0 aliphatic carbocycles. The Hall–Kier alpha value is -0.380. The van der Waals surface area contributed by atoms with Gasteiger partial charge >= 0.3 is 0 Å². The van der Waals surface area contributed by atoms with Crippen LogP contribution in [0.25, 0.3) is 0 Å². The van der Waals surface area contributed by atoms with Gasteiger partial charge in [-0.3, -0.25) is 4.79 Å². The number of nitrogens with zero attached hydrogens (tertiary/aromatic N) is 2. The number of morpholine rings is 1. The fourth-order valence-electron chi connectivity index (χ4n) is 3.31. The summed E-state index contributed by atoms with van der Waals surface area (Å²) in [4.78, 5) is 14.4. The van der Waals surface area contributed by atoms with Gasteiger partial charge in [0.25, 0.3) is 0 Å². The number of ether oxygens (including phenoxy) is 1. The van der Waals surface area contributed by atoms with E-state index in [1.165, 1.54) is 16.4 Å². The van der Waals surface area contributed by atoms with Crippen LogP contribution in [-0.4, -0.2) is 62.9 Å². The van der Waals surface area contributed by atoms with Crippen molar-refractivity contribution in [3.8, 4) is 0 Å². The van der Waals surface area contributed by atoms with Crippen LogP contribution in [0.4, 0.5) is 0 Å². The number of piperidine rings is 1. The Balaban J connectivity index is 1.81. The number of carbonyl (C=O) groups is 1. The van der Waals surface area contributed by atoms with E-state index in [1.807, 2.05) is 0 Å². The van der Waals surface area contributed by atoms with Crippen molar-refractivity contribution in [1.29, 1.82) is 0 Å². The summed E-state index contributed by atoms with van der Waals surface area (Å²) in [5.41, 5.74) is 0. The fraction of sp³-hybridized carbons (Fsp3) is 0.562. The number of sulfonamides is 1. The van der Waals surface area contributed by atoms with E-state index in [0.29, 0.717) is 50.2 Å². The van der Waals surface area contributed by atoms with E-state index in [-0.39, 0.29) is 33.3 Å². The summed E-state index contributed by atoms with van der Waals surface area (Å²) in [7, 11) is -3.88. The quantitative estimate of drug-likeness (QED) is 0.659. The molecule has 0 saturated carbocycles. The second kappa shape index (κ2) is 8.32. The van der Waals surface area contributed by atoms with Gasteiger partial charge in [-0.1, -0.05) is 39.1 Å². The number of benzene rings is 1. The molecule has 2 heterocycles. The van der Waals surface area contributed by atoms with Crippen LogP contribution in [0.2, 0.25) is 10.0 Å². The van der Waals surface area contributed by atoms with Gasteiger partial charge in [-0.15, -0.1) is 0 Å². The second-order valence-electron chi connectivity index (χ2n) is 6.34. The third-order valence-electron chi connectivity index (χ3n) is 4.62. The molecule has 0 radical (unpaired) electrons. The molecule has 0 aromatic heterocycles. The Morgan fingerprint density at radius 2 is 1.77 bits per heavy atom. The van der Waals surface area contributed by atoms with Crippen molar-refractivity contribution in [3.63, 3.8) is 0 Å². The van der Waals surface area contributed by atoms with Crippen LogP contribution >= 0.6 is 39.1 Å². The fourth-order valence-corrected chi connectivity index (χ4v) is 6.72. The maximum absolute atomic E-state index is 13.1. The van der Waals surface area contributed by atoms with E-state index >= 15 is 0 Å². The summed E-state index contributed by atoms with van der Waals surface area (Å²) in [6.07, 6.45) is 1.29. The van der Waals surface area contributed by atoms with Gasteiger partial charge in [0.15, 0.2) is 0 Å². The van der Waals surface area contributed by atoms with Crippen molar-refractivity contribution < 1.29 is 17.9 Å². The van der Waals surface area contributed by atoms with E-state index in [0.717, 1.165) is 0 Å². The minimum absolute atomic E-state index is 0.0128. The topological polar surface area (TPSA) is 66.9 Å². The first kappa shape index (κ1) is 20.4. The van der Waals surface area contributed by atoms with Crippen LogP contribution < -0.4 is 0 Å². The molecule has 2 aliphatic rings. The van der Waals surface area contributed by atoms with Crippen LogP contribution in [0.15, 0.2) is 21.5 Å². The average Bonchev–Trinajstić information content (AvgIpc) is 2.61. The normalized spacial score (nSPS) is 22.4. The lowest BCUT2D eigenvalue weighted by Gasteiger charge is -2.35. The zero-order chi connectivity index (χ0) is 18.9. The van der Waals surface area contributed by atoms with Crippen molar-refractivity contribution in [2.45, 2.75) is 17.7 Å². The molecule has 6 nitrogen and oxygen atoms in total. The van der Waals surface area contributed by atoms with Gasteiger partial charge in [0, 0.05) is 30.7 Å². The Morgan fingerprint density at radius 1 is 1.15 bits per heavy atom. The highest BCUT2D eigenvalue weighted by Gasteiger charge is 2.37. The van der Waals surface area contributed by atoms with Crippen LogP contribution in [-0.2, 0) is 19.6 Å². The van der Waals surface area contributed by atoms with E-state index in [2.05, 4.69) is 15.9 Å². The van der Waals surface area contributed by atoms with Gasteiger partial charge in [0.1, 0.15) is 4.90 Å². The Morgan fingerprint density at radius 3 is 2.38 bits per heavy atom. The van der Waals surface area contributed by atoms with Crippen molar-refractivity contribution in [1.82, 2.24) is 9.21 Å². The Kier molecular flexibility index (Phi) is 6.52. The summed E-state index contributed by atoms with van der Waals surface area (Å²) in [5.74, 6) is -0.370. The molecular weight excluding hydrogens is 467 g/mol. The van der Waals surface area contributed by atoms with E-state index in [4.69, 9.17) is 27.9 Å². The van der Waals surface area contributed by atoms with Gasteiger partial charge in [-0.2, -0.15) is 4.31 Å². The Bertz CT molecular complexity index is 776. The van der Waals surface area contributed by atoms with Crippen molar-refractivity contribution in [2.24, 2.45) is 5.92 Å². The molecule has 3 rings (SSSR count). The number of halogens is 3. The standard InChI is InChI=1S/C16H19BrCl2N2O4S/c17-12-8-13(18)15(14(19)9-12)26(23,24)21-3-1-2-11(10-21)16(22)20-4-6-25-7-5-20/h8-9,11H,1-7,10H2. The maximum Gasteiger partial charge on any atom is 0.246 e. The number of carbonyl (C=O) groups excluding carboxylic acids is 1. The predicted octanol–water partition coefficient (Wildman–Crippen LogP) is 3.02. The molecule has 1 unspecified atom stereocenters. The van der Waals surface area contributed by atoms with Crippen LogP contribution in [0.1, 0.15) is 12.8 Å². The first-order chi connectivity index (χ1) is 12.3. The predicted molar refractivity (Wildman–Crippen MR) is 103 cm³/mol. The zero-order valence-corrected chi connectivity index (χ0v) is 17.9. The molecule has 0 N–H and O–H groups in total. The van der Waals surface area contributed by atoms with Crippen LogP contribution in [0.5, 0.6) is 0 Å². The average molecular weight is 486 g/mol. The summed E-state index contributed by atoms with van der Waals surface area (Å²) in [6, 6.07) is 3.00. The molecule has 2 aliphatic heterocycles. The smallest absolute Gasteiger partial charge is 0.246 e. The van der Waals surface area contributed by atoms with Gasteiger partial charge < -0.3 is 9.64 Å². The van der Waals surface area contributed by atoms with Crippen molar-refractivity contribution in [3.05, 3.63) is 26.7 Å². The molecule has 144 valence electrons. The molecule has 1 aromatic rings. The van der Waals surface area contributed by atoms with Crippen molar-refractivity contribution >= 4 is 55.1 Å². The highest BCUT2D eigenvalue weighted by Crippen LogP contribution is 2.36. The highest BCUT2D eigenvalue weighted by molar-refractivity contribution is 9.10. The monoisotopic (exact) mass is 484 g/mol. The van der Waals surface area contributed by atoms with Crippen molar-refractivity contribution in [2.75, 3.05) is 39.4 Å². The summed E-state index contributed by atoms with van der Waals surface area (Å²) >= 11 is 15.5. The second-order valence-corrected chi connectivity index (χ2v) is 9.94. The lowest BCUT2D eigenvalue weighted by atomic mass is 9.98. The highest BCUT2D eigenvalue weighted by atomic mass is 79.9. The lowest BCUT2D eigenvalue weighted by molar-refractivity contribution is -0.140. The third-order valence-corrected chi connectivity index (χ3v) is 7.86. The van der Waals surface area contributed by atoms with Gasteiger partial charge in [0.05, 0.1) is 29.2 Å². The summed E-state index contributed by atoms with van der Waals surface area (Å²) in [6.45, 7) is 2.62. The molecule has 26 heavy (non-hydrogen) atoms. The van der Waals surface area contributed by atoms with Crippen LogP contribution in [0, 0.1) is 5.92 Å². The van der Waals surface area contributed by atoms with Gasteiger partial charge in [-0.25, -0.2) is 8.42 Å². The molecule has 10 heteroatoms. The van der Waals surface area contributed by atoms with E-state index in [9.17, 15) is 13.2 Å². The van der Waals surface area contributed by atoms with Crippen LogP contribution in [0.3, 0.4) is 0 Å².